The first-order valence-corrected chi connectivity index (χ1v) is 9.55. The molecule has 1 aliphatic heterocycles. The molecule has 2 heterocycles. The Morgan fingerprint density at radius 1 is 1.13 bits per heavy atom. The number of carbonyl (C=O) groups is 2. The number of anilines is 1. The molecule has 7 nitrogen and oxygen atoms in total. The summed E-state index contributed by atoms with van der Waals surface area (Å²) in [6.07, 6.45) is 1.23. The van der Waals surface area contributed by atoms with Crippen molar-refractivity contribution < 1.29 is 14.3 Å². The zero-order chi connectivity index (χ0) is 20.9. The van der Waals surface area contributed by atoms with E-state index in [-0.39, 0.29) is 18.5 Å². The summed E-state index contributed by atoms with van der Waals surface area (Å²) in [7, 11) is 0. The van der Waals surface area contributed by atoms with E-state index in [1.807, 2.05) is 61.5 Å². The fourth-order valence-corrected chi connectivity index (χ4v) is 3.18. The van der Waals surface area contributed by atoms with E-state index < -0.39 is 0 Å². The third-order valence-corrected chi connectivity index (χ3v) is 4.77. The molecule has 0 unspecified atom stereocenters. The molecule has 1 saturated heterocycles. The Hall–Kier alpha value is -4.05. The van der Waals surface area contributed by atoms with Gasteiger partial charge in [-0.15, -0.1) is 0 Å². The van der Waals surface area contributed by atoms with Crippen molar-refractivity contribution in [3.63, 3.8) is 0 Å². The molecule has 0 atom stereocenters. The highest BCUT2D eigenvalue weighted by atomic mass is 16.6. The summed E-state index contributed by atoms with van der Waals surface area (Å²) in [6.45, 7) is 3.03. The molecule has 0 radical (unpaired) electrons. The predicted molar refractivity (Wildman–Crippen MR) is 113 cm³/mol. The van der Waals surface area contributed by atoms with E-state index >= 15 is 0 Å². The third kappa shape index (κ3) is 4.03. The minimum atomic E-state index is -0.331. The second kappa shape index (κ2) is 8.53. The second-order valence-corrected chi connectivity index (χ2v) is 6.69. The van der Waals surface area contributed by atoms with Gasteiger partial charge < -0.3 is 10.1 Å². The monoisotopic (exact) mass is 400 g/mol. The molecule has 150 valence electrons. The quantitative estimate of drug-likeness (QED) is 0.684. The largest absolute Gasteiger partial charge is 0.447 e. The van der Waals surface area contributed by atoms with Crippen molar-refractivity contribution in [3.8, 4) is 17.5 Å². The van der Waals surface area contributed by atoms with E-state index in [1.54, 1.807) is 15.8 Å². The highest BCUT2D eigenvalue weighted by Crippen LogP contribution is 2.19. The number of cyclic esters (lactones) is 1. The number of carbonyl (C=O) groups excluding carboxylic acids is 2. The molecular formula is C23H20N4O3. The summed E-state index contributed by atoms with van der Waals surface area (Å²) in [6, 6.07) is 17.0. The molecule has 3 aromatic rings. The summed E-state index contributed by atoms with van der Waals surface area (Å²) in [4.78, 5) is 25.6. The third-order valence-electron chi connectivity index (χ3n) is 4.77. The topological polar surface area (TPSA) is 76.5 Å². The molecule has 30 heavy (non-hydrogen) atoms. The minimum Gasteiger partial charge on any atom is -0.447 e. The molecular weight excluding hydrogens is 380 g/mol. The average Bonchev–Trinajstić information content (AvgIpc) is 3.37. The number of benzene rings is 2. The highest BCUT2D eigenvalue weighted by molar-refractivity contribution is 5.95. The van der Waals surface area contributed by atoms with Crippen LogP contribution in [-0.4, -0.2) is 41.5 Å². The van der Waals surface area contributed by atoms with Gasteiger partial charge in [0.25, 0.3) is 5.91 Å². The fraction of sp³-hybridized carbons (Fsp3) is 0.174. The summed E-state index contributed by atoms with van der Waals surface area (Å²) in [5.41, 5.74) is 3.76. The lowest BCUT2D eigenvalue weighted by atomic mass is 10.2. The van der Waals surface area contributed by atoms with Gasteiger partial charge in [-0.1, -0.05) is 30.0 Å². The SMILES string of the molecule is Cc1c(C(=O)NCC#Cc2ccc(N3CCOC3=O)cc2)cnn1-c1ccccc1. The van der Waals surface area contributed by atoms with Crippen molar-refractivity contribution in [2.45, 2.75) is 6.92 Å². The van der Waals surface area contributed by atoms with Gasteiger partial charge in [0.1, 0.15) is 6.61 Å². The molecule has 1 aliphatic rings. The van der Waals surface area contributed by atoms with Crippen LogP contribution in [0.1, 0.15) is 21.6 Å². The van der Waals surface area contributed by atoms with Crippen LogP contribution in [0.2, 0.25) is 0 Å². The van der Waals surface area contributed by atoms with Gasteiger partial charge in [0.15, 0.2) is 0 Å². The summed E-state index contributed by atoms with van der Waals surface area (Å²) in [5, 5.41) is 7.11. The van der Waals surface area contributed by atoms with Crippen LogP contribution >= 0.6 is 0 Å². The van der Waals surface area contributed by atoms with Gasteiger partial charge in [0, 0.05) is 11.3 Å². The zero-order valence-electron chi connectivity index (χ0n) is 16.5. The molecule has 4 rings (SSSR count). The molecule has 2 amide bonds. The van der Waals surface area contributed by atoms with E-state index in [2.05, 4.69) is 22.3 Å². The number of aromatic nitrogens is 2. The number of amides is 2. The molecule has 0 saturated carbocycles. The van der Waals surface area contributed by atoms with Crippen molar-refractivity contribution in [2.75, 3.05) is 24.6 Å². The lowest BCUT2D eigenvalue weighted by Gasteiger charge is -2.11. The fourth-order valence-electron chi connectivity index (χ4n) is 3.18. The van der Waals surface area contributed by atoms with Crippen LogP contribution in [0.3, 0.4) is 0 Å². The first-order chi connectivity index (χ1) is 14.6. The molecule has 7 heteroatoms. The van der Waals surface area contributed by atoms with Gasteiger partial charge in [0.2, 0.25) is 0 Å². The van der Waals surface area contributed by atoms with Crippen LogP contribution < -0.4 is 10.2 Å². The molecule has 0 bridgehead atoms. The van der Waals surface area contributed by atoms with Crippen LogP contribution in [0.4, 0.5) is 10.5 Å². The van der Waals surface area contributed by atoms with Gasteiger partial charge in [0.05, 0.1) is 36.2 Å². The van der Waals surface area contributed by atoms with Gasteiger partial charge in [-0.25, -0.2) is 9.48 Å². The van der Waals surface area contributed by atoms with Gasteiger partial charge >= 0.3 is 6.09 Å². The molecule has 2 aromatic carbocycles. The molecule has 1 fully saturated rings. The van der Waals surface area contributed by atoms with Gasteiger partial charge in [-0.2, -0.15) is 5.10 Å². The van der Waals surface area contributed by atoms with E-state index in [0.29, 0.717) is 18.7 Å². The lowest BCUT2D eigenvalue weighted by molar-refractivity contribution is 0.0958. The van der Waals surface area contributed by atoms with E-state index in [9.17, 15) is 9.59 Å². The minimum absolute atomic E-state index is 0.216. The van der Waals surface area contributed by atoms with Gasteiger partial charge in [-0.3, -0.25) is 9.69 Å². The maximum absolute atomic E-state index is 12.5. The lowest BCUT2D eigenvalue weighted by Crippen LogP contribution is -2.24. The van der Waals surface area contributed by atoms with Crippen LogP contribution in [0.5, 0.6) is 0 Å². The standard InChI is InChI=1S/C23H20N4O3/c1-17-21(16-25-27(17)20-7-3-2-4-8-20)22(28)24-13-5-6-18-9-11-19(12-10-18)26-14-15-30-23(26)29/h2-4,7-12,16H,13-15H2,1H3,(H,24,28). The second-order valence-electron chi connectivity index (χ2n) is 6.69. The summed E-state index contributed by atoms with van der Waals surface area (Å²) >= 11 is 0. The Balaban J connectivity index is 1.35. The first kappa shape index (κ1) is 19.3. The average molecular weight is 400 g/mol. The number of hydrogen-bond donors (Lipinski definition) is 1. The van der Waals surface area contributed by atoms with Crippen molar-refractivity contribution >= 4 is 17.7 Å². The number of nitrogens with one attached hydrogen (secondary N) is 1. The van der Waals surface area contributed by atoms with Gasteiger partial charge in [-0.05, 0) is 43.3 Å². The Labute approximate surface area is 174 Å². The Morgan fingerprint density at radius 3 is 2.60 bits per heavy atom. The van der Waals surface area contributed by atoms with Crippen molar-refractivity contribution in [3.05, 3.63) is 77.6 Å². The smallest absolute Gasteiger partial charge is 0.414 e. The number of rotatable bonds is 4. The number of hydrogen-bond acceptors (Lipinski definition) is 4. The van der Waals surface area contributed by atoms with E-state index in [0.717, 1.165) is 22.6 Å². The van der Waals surface area contributed by atoms with E-state index in [4.69, 9.17) is 4.74 Å². The van der Waals surface area contributed by atoms with Crippen molar-refractivity contribution in [1.29, 1.82) is 0 Å². The molecule has 1 N–H and O–H groups in total. The number of ether oxygens (including phenoxy) is 1. The zero-order valence-corrected chi connectivity index (χ0v) is 16.5. The maximum Gasteiger partial charge on any atom is 0.414 e. The normalized spacial score (nSPS) is 12.8. The van der Waals surface area contributed by atoms with Crippen LogP contribution in [0, 0.1) is 18.8 Å². The van der Waals surface area contributed by atoms with Crippen LogP contribution in [0.25, 0.3) is 5.69 Å². The van der Waals surface area contributed by atoms with Crippen LogP contribution in [-0.2, 0) is 4.74 Å². The predicted octanol–water partition coefficient (Wildman–Crippen LogP) is 2.92. The number of para-hydroxylation sites is 1. The van der Waals surface area contributed by atoms with Crippen molar-refractivity contribution in [1.82, 2.24) is 15.1 Å². The van der Waals surface area contributed by atoms with E-state index in [1.165, 1.54) is 0 Å². The Bertz CT molecular complexity index is 1120. The molecule has 1 aromatic heterocycles. The molecule has 0 spiro atoms. The van der Waals surface area contributed by atoms with Crippen molar-refractivity contribution in [2.24, 2.45) is 0 Å². The maximum atomic E-state index is 12.5. The Kier molecular flexibility index (Phi) is 5.48. The van der Waals surface area contributed by atoms with Crippen LogP contribution in [0.15, 0.2) is 60.8 Å². The highest BCUT2D eigenvalue weighted by Gasteiger charge is 2.23. The first-order valence-electron chi connectivity index (χ1n) is 9.55. The summed E-state index contributed by atoms with van der Waals surface area (Å²) < 4.78 is 6.67. The number of nitrogens with zero attached hydrogens (tertiary/aromatic N) is 3. The molecule has 0 aliphatic carbocycles. The Morgan fingerprint density at radius 2 is 1.90 bits per heavy atom. The summed E-state index contributed by atoms with van der Waals surface area (Å²) in [5.74, 6) is 5.73.